The molecule has 7 nitrogen and oxygen atoms in total. The molecule has 0 bridgehead atoms. The molecule has 0 saturated heterocycles. The van der Waals surface area contributed by atoms with E-state index in [-0.39, 0.29) is 23.4 Å². The SMILES string of the molecule is CC[C@H](C(=O)NC1CCCCC1)N(Cc1ccc(F)cc1)C(=O)CN(c1ccc(C)cc1)S(=O)(=O)c1ccc(Cl)cc1. The zero-order chi connectivity index (χ0) is 30.3. The number of carbonyl (C=O) groups is 2. The molecule has 1 saturated carbocycles. The van der Waals surface area contributed by atoms with E-state index in [4.69, 9.17) is 11.6 Å². The van der Waals surface area contributed by atoms with E-state index >= 15 is 0 Å². The van der Waals surface area contributed by atoms with Crippen LogP contribution in [0.1, 0.15) is 56.6 Å². The Morgan fingerprint density at radius 1 is 0.952 bits per heavy atom. The maximum atomic E-state index is 14.1. The first-order chi connectivity index (χ1) is 20.1. The van der Waals surface area contributed by atoms with Crippen LogP contribution in [0, 0.1) is 12.7 Å². The number of aryl methyl sites for hydroxylation is 1. The maximum Gasteiger partial charge on any atom is 0.264 e. The van der Waals surface area contributed by atoms with Gasteiger partial charge in [0.25, 0.3) is 10.0 Å². The smallest absolute Gasteiger partial charge is 0.264 e. The molecule has 1 aliphatic rings. The highest BCUT2D eigenvalue weighted by Crippen LogP contribution is 2.26. The molecule has 10 heteroatoms. The number of nitrogens with zero attached hydrogens (tertiary/aromatic N) is 2. The maximum absolute atomic E-state index is 14.1. The van der Waals surface area contributed by atoms with Crippen molar-refractivity contribution in [1.29, 1.82) is 0 Å². The van der Waals surface area contributed by atoms with Gasteiger partial charge in [-0.25, -0.2) is 12.8 Å². The number of rotatable bonds is 11. The second kappa shape index (κ2) is 14.2. The number of nitrogens with one attached hydrogen (secondary N) is 1. The van der Waals surface area contributed by atoms with E-state index in [1.165, 1.54) is 41.3 Å². The predicted molar refractivity (Wildman–Crippen MR) is 163 cm³/mol. The number of hydrogen-bond donors (Lipinski definition) is 1. The van der Waals surface area contributed by atoms with Gasteiger partial charge in [-0.15, -0.1) is 0 Å². The molecule has 224 valence electrons. The van der Waals surface area contributed by atoms with Gasteiger partial charge in [0, 0.05) is 17.6 Å². The fourth-order valence-electron chi connectivity index (χ4n) is 5.22. The minimum Gasteiger partial charge on any atom is -0.352 e. The number of sulfonamides is 1. The van der Waals surface area contributed by atoms with Gasteiger partial charge in [-0.3, -0.25) is 13.9 Å². The first kappa shape index (κ1) is 31.5. The largest absolute Gasteiger partial charge is 0.352 e. The molecule has 0 radical (unpaired) electrons. The van der Waals surface area contributed by atoms with Crippen LogP contribution in [0.3, 0.4) is 0 Å². The molecule has 42 heavy (non-hydrogen) atoms. The van der Waals surface area contributed by atoms with Gasteiger partial charge >= 0.3 is 0 Å². The lowest BCUT2D eigenvalue weighted by atomic mass is 9.95. The number of amides is 2. The third kappa shape index (κ3) is 7.89. The fourth-order valence-corrected chi connectivity index (χ4v) is 6.76. The zero-order valence-corrected chi connectivity index (χ0v) is 25.5. The molecule has 0 unspecified atom stereocenters. The highest BCUT2D eigenvalue weighted by molar-refractivity contribution is 7.92. The molecule has 1 atom stereocenters. The molecule has 1 N–H and O–H groups in total. The summed E-state index contributed by atoms with van der Waals surface area (Å²) in [6.07, 6.45) is 5.29. The van der Waals surface area contributed by atoms with Crippen LogP contribution in [-0.2, 0) is 26.2 Å². The van der Waals surface area contributed by atoms with Gasteiger partial charge in [0.1, 0.15) is 18.4 Å². The van der Waals surface area contributed by atoms with Crippen molar-refractivity contribution >= 4 is 39.1 Å². The van der Waals surface area contributed by atoms with Crippen molar-refractivity contribution in [3.05, 3.63) is 94.8 Å². The van der Waals surface area contributed by atoms with Crippen LogP contribution < -0.4 is 9.62 Å². The van der Waals surface area contributed by atoms with Crippen LogP contribution in [0.5, 0.6) is 0 Å². The number of hydrogen-bond acceptors (Lipinski definition) is 4. The van der Waals surface area contributed by atoms with E-state index in [0.717, 1.165) is 42.0 Å². The lowest BCUT2D eigenvalue weighted by molar-refractivity contribution is -0.140. The molecule has 0 aromatic heterocycles. The number of carbonyl (C=O) groups excluding carboxylic acids is 2. The van der Waals surface area contributed by atoms with E-state index in [9.17, 15) is 22.4 Å². The Labute approximate surface area is 252 Å². The van der Waals surface area contributed by atoms with Crippen LogP contribution in [0.2, 0.25) is 5.02 Å². The predicted octanol–water partition coefficient (Wildman–Crippen LogP) is 6.24. The number of halogens is 2. The summed E-state index contributed by atoms with van der Waals surface area (Å²) in [5.74, 6) is -1.25. The van der Waals surface area contributed by atoms with Gasteiger partial charge in [0.05, 0.1) is 10.6 Å². The molecular weight excluding hydrogens is 577 g/mol. The summed E-state index contributed by atoms with van der Waals surface area (Å²) in [6.45, 7) is 3.17. The first-order valence-corrected chi connectivity index (χ1v) is 16.1. The summed E-state index contributed by atoms with van der Waals surface area (Å²) in [4.78, 5) is 29.1. The van der Waals surface area contributed by atoms with Crippen LogP contribution in [0.25, 0.3) is 0 Å². The van der Waals surface area contributed by atoms with Gasteiger partial charge < -0.3 is 10.2 Å². The molecule has 1 aliphatic carbocycles. The summed E-state index contributed by atoms with van der Waals surface area (Å²) in [5, 5.41) is 3.50. The minimum atomic E-state index is -4.19. The summed E-state index contributed by atoms with van der Waals surface area (Å²) in [5.41, 5.74) is 1.86. The average molecular weight is 614 g/mol. The molecule has 0 heterocycles. The summed E-state index contributed by atoms with van der Waals surface area (Å²) in [7, 11) is -4.19. The fraction of sp³-hybridized carbons (Fsp3) is 0.375. The number of anilines is 1. The summed E-state index contributed by atoms with van der Waals surface area (Å²) >= 11 is 6.01. The Bertz CT molecular complexity index is 1460. The summed E-state index contributed by atoms with van der Waals surface area (Å²) < 4.78 is 42.6. The van der Waals surface area contributed by atoms with Crippen molar-refractivity contribution in [2.24, 2.45) is 0 Å². The van der Waals surface area contributed by atoms with Crippen molar-refractivity contribution in [2.75, 3.05) is 10.8 Å². The second-order valence-corrected chi connectivity index (χ2v) is 13.0. The Morgan fingerprint density at radius 3 is 2.17 bits per heavy atom. The van der Waals surface area contributed by atoms with Crippen LogP contribution in [0.4, 0.5) is 10.1 Å². The van der Waals surface area contributed by atoms with Crippen LogP contribution in [0.15, 0.2) is 77.7 Å². The van der Waals surface area contributed by atoms with Crippen molar-refractivity contribution in [3.8, 4) is 0 Å². The van der Waals surface area contributed by atoms with Crippen molar-refractivity contribution in [2.45, 2.75) is 75.9 Å². The Kier molecular flexibility index (Phi) is 10.6. The highest BCUT2D eigenvalue weighted by Gasteiger charge is 2.34. The molecule has 3 aromatic rings. The van der Waals surface area contributed by atoms with E-state index in [0.29, 0.717) is 22.7 Å². The molecular formula is C32H37ClFN3O4S. The topological polar surface area (TPSA) is 86.8 Å². The normalized spacial score (nSPS) is 14.7. The first-order valence-electron chi connectivity index (χ1n) is 14.3. The lowest BCUT2D eigenvalue weighted by Gasteiger charge is -2.34. The average Bonchev–Trinajstić information content (AvgIpc) is 2.98. The van der Waals surface area contributed by atoms with Crippen LogP contribution >= 0.6 is 11.6 Å². The van der Waals surface area contributed by atoms with Gasteiger partial charge in [-0.05, 0) is 80.3 Å². The van der Waals surface area contributed by atoms with E-state index in [1.807, 2.05) is 13.8 Å². The number of benzene rings is 3. The lowest BCUT2D eigenvalue weighted by Crippen LogP contribution is -2.54. The minimum absolute atomic E-state index is 0.0123. The van der Waals surface area contributed by atoms with Gasteiger partial charge in [0.2, 0.25) is 11.8 Å². The zero-order valence-electron chi connectivity index (χ0n) is 23.9. The Morgan fingerprint density at radius 2 is 1.57 bits per heavy atom. The van der Waals surface area contributed by atoms with Crippen molar-refractivity contribution < 1.29 is 22.4 Å². The quantitative estimate of drug-likeness (QED) is 0.277. The molecule has 3 aromatic carbocycles. The second-order valence-electron chi connectivity index (χ2n) is 10.7. The van der Waals surface area contributed by atoms with Gasteiger partial charge in [0.15, 0.2) is 0 Å². The Balaban J connectivity index is 1.69. The Hall–Kier alpha value is -3.43. The van der Waals surface area contributed by atoms with E-state index in [2.05, 4.69) is 5.32 Å². The van der Waals surface area contributed by atoms with Crippen molar-refractivity contribution in [1.82, 2.24) is 10.2 Å². The third-order valence-corrected chi connectivity index (χ3v) is 9.65. The van der Waals surface area contributed by atoms with Gasteiger partial charge in [-0.1, -0.05) is 67.6 Å². The summed E-state index contributed by atoms with van der Waals surface area (Å²) in [6, 6.07) is 17.5. The van der Waals surface area contributed by atoms with Crippen LogP contribution in [-0.4, -0.2) is 43.8 Å². The molecule has 0 aliphatic heterocycles. The molecule has 0 spiro atoms. The van der Waals surface area contributed by atoms with Gasteiger partial charge in [-0.2, -0.15) is 0 Å². The molecule has 2 amide bonds. The van der Waals surface area contributed by atoms with E-state index < -0.39 is 34.3 Å². The third-order valence-electron chi connectivity index (χ3n) is 7.61. The van der Waals surface area contributed by atoms with Crippen molar-refractivity contribution in [3.63, 3.8) is 0 Å². The molecule has 1 fully saturated rings. The standard InChI is InChI=1S/C32H37ClFN3O4S/c1-3-30(32(39)35-27-7-5-4-6-8-27)36(21-24-11-15-26(34)16-12-24)31(38)22-37(28-17-9-23(2)10-18-28)42(40,41)29-19-13-25(33)14-20-29/h9-20,27,30H,3-8,21-22H2,1-2H3,(H,35,39)/t30-/m1/s1. The van der Waals surface area contributed by atoms with E-state index in [1.54, 1.807) is 36.4 Å². The highest BCUT2D eigenvalue weighted by atomic mass is 35.5. The molecule has 4 rings (SSSR count). The monoisotopic (exact) mass is 613 g/mol.